The number of carbonyl (C=O) groups excluding carboxylic acids is 1. The molecule has 2 aromatic rings. The quantitative estimate of drug-likeness (QED) is 0.720. The molecule has 1 fully saturated rings. The van der Waals surface area contributed by atoms with Gasteiger partial charge in [0.2, 0.25) is 5.91 Å². The third-order valence-corrected chi connectivity index (χ3v) is 4.39. The molecule has 4 heterocycles. The number of nitrogens with zero attached hydrogens (tertiary/aromatic N) is 4. The molecule has 4 rings (SSSR count). The second kappa shape index (κ2) is 3.56. The molecule has 2 aromatic heterocycles. The molecule has 0 aromatic carbocycles. The van der Waals surface area contributed by atoms with Gasteiger partial charge in [-0.25, -0.2) is 9.50 Å². The van der Waals surface area contributed by atoms with Gasteiger partial charge in [0, 0.05) is 37.2 Å². The molecule has 0 spiro atoms. The predicted molar refractivity (Wildman–Crippen MR) is 69.7 cm³/mol. The second-order valence-corrected chi connectivity index (χ2v) is 5.59. The molecule has 2 bridgehead atoms. The smallest absolute Gasteiger partial charge is 0.220 e. The predicted octanol–water partition coefficient (Wildman–Crippen LogP) is 1.65. The minimum Gasteiger partial charge on any atom is -0.332 e. The first-order valence-corrected chi connectivity index (χ1v) is 6.78. The van der Waals surface area contributed by atoms with E-state index in [-0.39, 0.29) is 11.9 Å². The second-order valence-electron chi connectivity index (χ2n) is 5.59. The van der Waals surface area contributed by atoms with Crippen LogP contribution in [0.4, 0.5) is 0 Å². The highest BCUT2D eigenvalue weighted by Crippen LogP contribution is 2.43. The van der Waals surface area contributed by atoms with Crippen molar-refractivity contribution in [2.75, 3.05) is 0 Å². The van der Waals surface area contributed by atoms with E-state index in [1.807, 2.05) is 28.6 Å². The molecule has 1 saturated heterocycles. The van der Waals surface area contributed by atoms with Gasteiger partial charge in [0.25, 0.3) is 0 Å². The highest BCUT2D eigenvalue weighted by atomic mass is 16.2. The zero-order chi connectivity index (χ0) is 13.1. The zero-order valence-corrected chi connectivity index (χ0v) is 11.1. The summed E-state index contributed by atoms with van der Waals surface area (Å²) in [7, 11) is 0. The summed E-state index contributed by atoms with van der Waals surface area (Å²) < 4.78 is 1.97. The maximum Gasteiger partial charge on any atom is 0.220 e. The number of aromatic nitrogens is 3. The Kier molecular flexibility index (Phi) is 2.05. The van der Waals surface area contributed by atoms with Crippen molar-refractivity contribution in [1.29, 1.82) is 0 Å². The van der Waals surface area contributed by atoms with E-state index < -0.39 is 0 Å². The zero-order valence-electron chi connectivity index (χ0n) is 11.1. The van der Waals surface area contributed by atoms with Crippen LogP contribution < -0.4 is 0 Å². The van der Waals surface area contributed by atoms with Gasteiger partial charge in [-0.3, -0.25) is 4.79 Å². The van der Waals surface area contributed by atoms with Crippen LogP contribution in [0.3, 0.4) is 0 Å². The van der Waals surface area contributed by atoms with Gasteiger partial charge >= 0.3 is 0 Å². The number of amides is 1. The molecule has 2 aliphatic rings. The van der Waals surface area contributed by atoms with Crippen molar-refractivity contribution in [2.45, 2.75) is 45.2 Å². The van der Waals surface area contributed by atoms with Gasteiger partial charge < -0.3 is 4.90 Å². The maximum atomic E-state index is 11.8. The van der Waals surface area contributed by atoms with E-state index in [0.29, 0.717) is 6.04 Å². The largest absolute Gasteiger partial charge is 0.332 e. The van der Waals surface area contributed by atoms with E-state index in [2.05, 4.69) is 10.1 Å². The lowest BCUT2D eigenvalue weighted by atomic mass is 9.99. The number of hydrogen-bond donors (Lipinski definition) is 0. The average molecular weight is 256 g/mol. The third-order valence-electron chi connectivity index (χ3n) is 4.39. The summed E-state index contributed by atoms with van der Waals surface area (Å²) in [6.07, 6.45) is 4.96. The van der Waals surface area contributed by atoms with E-state index in [1.54, 1.807) is 6.92 Å². The van der Waals surface area contributed by atoms with Crippen LogP contribution in [-0.2, 0) is 11.2 Å². The van der Waals surface area contributed by atoms with Crippen LogP contribution in [-0.4, -0.2) is 31.4 Å². The molecule has 5 heteroatoms. The molecule has 1 amide bonds. The highest BCUT2D eigenvalue weighted by Gasteiger charge is 2.42. The van der Waals surface area contributed by atoms with Crippen LogP contribution >= 0.6 is 0 Å². The Hall–Kier alpha value is -1.91. The average Bonchev–Trinajstić information content (AvgIpc) is 2.89. The fraction of sp³-hybridized carbons (Fsp3) is 0.500. The molecular formula is C14H16N4O. The Bertz CT molecular complexity index is 690. The Morgan fingerprint density at radius 3 is 3.05 bits per heavy atom. The molecule has 0 aliphatic carbocycles. The minimum absolute atomic E-state index is 0.176. The number of rotatable bonds is 0. The molecule has 5 nitrogen and oxygen atoms in total. The molecular weight excluding hydrogens is 240 g/mol. The van der Waals surface area contributed by atoms with E-state index >= 15 is 0 Å². The standard InChI is InChI=1S/C14H16N4O/c1-8-5-14-15-7-11-12-4-3-10(17(12)9(2)19)6-13(11)18(14)16-8/h5,7,10,12H,3-4,6H2,1-2H3/t10-,12-/m0/s1. The van der Waals surface area contributed by atoms with Gasteiger partial charge in [0.15, 0.2) is 5.65 Å². The topological polar surface area (TPSA) is 50.5 Å². The summed E-state index contributed by atoms with van der Waals surface area (Å²) >= 11 is 0. The van der Waals surface area contributed by atoms with Crippen molar-refractivity contribution in [1.82, 2.24) is 19.5 Å². The molecule has 98 valence electrons. The van der Waals surface area contributed by atoms with Crippen LogP contribution in [0.1, 0.15) is 42.8 Å². The fourth-order valence-corrected chi connectivity index (χ4v) is 3.68. The lowest BCUT2D eigenvalue weighted by Crippen LogP contribution is -2.41. The van der Waals surface area contributed by atoms with Gasteiger partial charge in [-0.1, -0.05) is 0 Å². The van der Waals surface area contributed by atoms with Crippen molar-refractivity contribution in [3.8, 4) is 0 Å². The number of fused-ring (bicyclic) bond motifs is 6. The van der Waals surface area contributed by atoms with Gasteiger partial charge in [-0.15, -0.1) is 0 Å². The van der Waals surface area contributed by atoms with Crippen LogP contribution in [0.25, 0.3) is 5.65 Å². The normalized spacial score (nSPS) is 24.8. The SMILES string of the molecule is CC(=O)N1[C@H]2CC[C@H]1c1cnc3cc(C)nn3c1C2. The van der Waals surface area contributed by atoms with Crippen molar-refractivity contribution in [3.63, 3.8) is 0 Å². The summed E-state index contributed by atoms with van der Waals surface area (Å²) in [4.78, 5) is 18.3. The first-order valence-electron chi connectivity index (χ1n) is 6.78. The molecule has 2 atom stereocenters. The Balaban J connectivity index is 1.94. The molecule has 0 unspecified atom stereocenters. The number of carbonyl (C=O) groups is 1. The van der Waals surface area contributed by atoms with E-state index in [1.165, 1.54) is 11.3 Å². The van der Waals surface area contributed by atoms with Crippen molar-refractivity contribution in [3.05, 3.63) is 29.2 Å². The summed E-state index contributed by atoms with van der Waals surface area (Å²) in [6, 6.07) is 2.54. The number of hydrogen-bond acceptors (Lipinski definition) is 3. The molecule has 0 N–H and O–H groups in total. The van der Waals surface area contributed by atoms with Crippen LogP contribution in [0, 0.1) is 6.92 Å². The summed E-state index contributed by atoms with van der Waals surface area (Å²) in [5.41, 5.74) is 4.32. The number of aryl methyl sites for hydroxylation is 1. The Morgan fingerprint density at radius 2 is 2.26 bits per heavy atom. The van der Waals surface area contributed by atoms with Crippen LogP contribution in [0.2, 0.25) is 0 Å². The van der Waals surface area contributed by atoms with Gasteiger partial charge in [-0.2, -0.15) is 5.10 Å². The molecule has 19 heavy (non-hydrogen) atoms. The summed E-state index contributed by atoms with van der Waals surface area (Å²) in [5, 5.41) is 4.54. The van der Waals surface area contributed by atoms with Gasteiger partial charge in [0.05, 0.1) is 17.4 Å². The van der Waals surface area contributed by atoms with Gasteiger partial charge in [0.1, 0.15) is 0 Å². The third kappa shape index (κ3) is 1.38. The summed E-state index contributed by atoms with van der Waals surface area (Å²) in [5.74, 6) is 0.176. The first kappa shape index (κ1) is 11.0. The van der Waals surface area contributed by atoms with Crippen molar-refractivity contribution < 1.29 is 4.79 Å². The fourth-order valence-electron chi connectivity index (χ4n) is 3.68. The van der Waals surface area contributed by atoms with E-state index in [0.717, 1.165) is 30.6 Å². The van der Waals surface area contributed by atoms with Crippen molar-refractivity contribution in [2.24, 2.45) is 0 Å². The maximum absolute atomic E-state index is 11.8. The minimum atomic E-state index is 0.176. The molecule has 0 saturated carbocycles. The summed E-state index contributed by atoms with van der Waals surface area (Å²) in [6.45, 7) is 3.65. The van der Waals surface area contributed by atoms with E-state index in [9.17, 15) is 4.79 Å². The van der Waals surface area contributed by atoms with Gasteiger partial charge in [-0.05, 0) is 19.8 Å². The monoisotopic (exact) mass is 256 g/mol. The Morgan fingerprint density at radius 1 is 1.42 bits per heavy atom. The molecule has 2 aliphatic heterocycles. The lowest BCUT2D eigenvalue weighted by Gasteiger charge is -2.35. The first-order chi connectivity index (χ1) is 9.15. The highest BCUT2D eigenvalue weighted by molar-refractivity contribution is 5.75. The Labute approximate surface area is 111 Å². The van der Waals surface area contributed by atoms with Crippen LogP contribution in [0.15, 0.2) is 12.3 Å². The van der Waals surface area contributed by atoms with Crippen LogP contribution in [0.5, 0.6) is 0 Å². The lowest BCUT2D eigenvalue weighted by molar-refractivity contribution is -0.132. The molecule has 0 radical (unpaired) electrons. The van der Waals surface area contributed by atoms with Crippen molar-refractivity contribution >= 4 is 11.6 Å². The van der Waals surface area contributed by atoms with E-state index in [4.69, 9.17) is 0 Å².